The Balaban J connectivity index is 1.55. The van der Waals surface area contributed by atoms with Crippen molar-refractivity contribution in [3.63, 3.8) is 0 Å². The van der Waals surface area contributed by atoms with Crippen LogP contribution in [0.1, 0.15) is 51.9 Å². The van der Waals surface area contributed by atoms with Crippen molar-refractivity contribution >= 4 is 0 Å². The molecule has 120 valence electrons. The monoisotopic (exact) mass is 294 g/mol. The summed E-state index contributed by atoms with van der Waals surface area (Å²) in [7, 11) is 1.80. The van der Waals surface area contributed by atoms with Gasteiger partial charge >= 0.3 is 0 Å². The van der Waals surface area contributed by atoms with Crippen LogP contribution in [0.15, 0.2) is 0 Å². The van der Waals surface area contributed by atoms with E-state index in [0.29, 0.717) is 5.92 Å². The van der Waals surface area contributed by atoms with Crippen molar-refractivity contribution in [3.05, 3.63) is 0 Å². The van der Waals surface area contributed by atoms with Crippen molar-refractivity contribution in [2.75, 3.05) is 13.7 Å². The Morgan fingerprint density at radius 1 is 1.05 bits per heavy atom. The van der Waals surface area contributed by atoms with Gasteiger partial charge in [0.1, 0.15) is 0 Å². The first-order valence-electron chi connectivity index (χ1n) is 8.96. The Morgan fingerprint density at radius 2 is 1.86 bits per heavy atom. The molecule has 0 bridgehead atoms. The average molecular weight is 294 g/mol. The zero-order valence-electron chi connectivity index (χ0n) is 13.5. The molecule has 8 atom stereocenters. The molecule has 21 heavy (non-hydrogen) atoms. The molecule has 0 unspecified atom stereocenters. The summed E-state index contributed by atoms with van der Waals surface area (Å²) in [4.78, 5) is 0. The molecule has 1 aliphatic heterocycles. The summed E-state index contributed by atoms with van der Waals surface area (Å²) in [6.07, 6.45) is 8.60. The molecule has 0 aromatic rings. The summed E-state index contributed by atoms with van der Waals surface area (Å²) in [5.74, 6) is 4.07. The summed E-state index contributed by atoms with van der Waals surface area (Å²) in [5, 5.41) is 9.97. The zero-order valence-corrected chi connectivity index (χ0v) is 13.5. The summed E-state index contributed by atoms with van der Waals surface area (Å²) in [6.45, 7) is 3.29. The fourth-order valence-corrected chi connectivity index (χ4v) is 6.50. The van der Waals surface area contributed by atoms with Crippen LogP contribution in [0.3, 0.4) is 0 Å². The summed E-state index contributed by atoms with van der Waals surface area (Å²) in [5.41, 5.74) is 0.233. The van der Waals surface area contributed by atoms with Gasteiger partial charge in [0.05, 0.1) is 12.7 Å². The van der Waals surface area contributed by atoms with Crippen molar-refractivity contribution in [1.82, 2.24) is 0 Å². The molecule has 0 aromatic carbocycles. The lowest BCUT2D eigenvalue weighted by Gasteiger charge is -2.54. The van der Waals surface area contributed by atoms with Gasteiger partial charge in [0.15, 0.2) is 6.29 Å². The van der Waals surface area contributed by atoms with Crippen LogP contribution in [0.4, 0.5) is 0 Å². The first kappa shape index (κ1) is 14.5. The minimum atomic E-state index is -0.0238. The Labute approximate surface area is 128 Å². The predicted molar refractivity (Wildman–Crippen MR) is 80.6 cm³/mol. The number of aliphatic hydroxyl groups excluding tert-OH is 1. The van der Waals surface area contributed by atoms with Gasteiger partial charge in [-0.1, -0.05) is 6.92 Å². The van der Waals surface area contributed by atoms with E-state index < -0.39 is 0 Å². The Bertz CT molecular complexity index is 398. The lowest BCUT2D eigenvalue weighted by molar-refractivity contribution is -0.155. The Morgan fingerprint density at radius 3 is 2.67 bits per heavy atom. The molecule has 4 aliphatic rings. The molecule has 0 spiro atoms. The van der Waals surface area contributed by atoms with Gasteiger partial charge in [-0.05, 0) is 74.5 Å². The number of methoxy groups -OCH3 is 1. The van der Waals surface area contributed by atoms with Crippen molar-refractivity contribution in [2.45, 2.75) is 64.3 Å². The average Bonchev–Trinajstić information content (AvgIpc) is 2.83. The lowest BCUT2D eigenvalue weighted by Crippen LogP contribution is -2.50. The molecule has 3 aliphatic carbocycles. The van der Waals surface area contributed by atoms with E-state index in [9.17, 15) is 5.11 Å². The quantitative estimate of drug-likeness (QED) is 0.807. The highest BCUT2D eigenvalue weighted by atomic mass is 16.7. The van der Waals surface area contributed by atoms with Gasteiger partial charge in [0.2, 0.25) is 0 Å². The molecule has 1 saturated heterocycles. The van der Waals surface area contributed by atoms with E-state index in [1.165, 1.54) is 32.1 Å². The second-order valence-corrected chi connectivity index (χ2v) is 8.35. The number of ether oxygens (including phenoxy) is 2. The van der Waals surface area contributed by atoms with Crippen molar-refractivity contribution in [1.29, 1.82) is 0 Å². The third-order valence-electron chi connectivity index (χ3n) is 7.54. The number of fused-ring (bicyclic) bond motifs is 5. The van der Waals surface area contributed by atoms with Crippen LogP contribution in [-0.2, 0) is 9.47 Å². The van der Waals surface area contributed by atoms with Gasteiger partial charge in [-0.3, -0.25) is 0 Å². The second-order valence-electron chi connectivity index (χ2n) is 8.35. The van der Waals surface area contributed by atoms with Crippen LogP contribution in [0.2, 0.25) is 0 Å². The molecule has 4 rings (SSSR count). The van der Waals surface area contributed by atoms with Gasteiger partial charge in [-0.25, -0.2) is 0 Å². The highest BCUT2D eigenvalue weighted by Gasteiger charge is 2.58. The van der Waals surface area contributed by atoms with Gasteiger partial charge in [-0.2, -0.15) is 0 Å². The van der Waals surface area contributed by atoms with Gasteiger partial charge < -0.3 is 14.6 Å². The number of aliphatic hydroxyl groups is 1. The van der Waals surface area contributed by atoms with Crippen LogP contribution < -0.4 is 0 Å². The first-order valence-corrected chi connectivity index (χ1v) is 8.96. The molecule has 1 N–H and O–H groups in total. The van der Waals surface area contributed by atoms with Crippen LogP contribution in [0, 0.1) is 35.0 Å². The minimum absolute atomic E-state index is 0.00866. The van der Waals surface area contributed by atoms with Gasteiger partial charge in [0.25, 0.3) is 0 Å². The fraction of sp³-hybridized carbons (Fsp3) is 1.00. The standard InChI is InChI=1S/C18H30O3/c1-18-8-7-14-13-6-4-12(19)9-11(13)3-5-15(14)16(18)10-21-17(18)20-2/h11-17,19H,3-10H2,1-2H3/t11-,12-,13-,14+,15+,16-,17+,18-/m0/s1. The number of rotatable bonds is 1. The number of hydrogen-bond donors (Lipinski definition) is 1. The maximum atomic E-state index is 9.97. The SMILES string of the molecule is CO[C@@H]1OC[C@H]2[C@@H]3CC[C@H]4C[C@@H](O)CC[C@@H]4[C@H]3CC[C@]12C. The molecule has 3 saturated carbocycles. The van der Waals surface area contributed by atoms with Crippen LogP contribution in [-0.4, -0.2) is 31.2 Å². The Kier molecular flexibility index (Phi) is 3.59. The second kappa shape index (κ2) is 5.21. The largest absolute Gasteiger partial charge is 0.393 e. The van der Waals surface area contributed by atoms with E-state index in [2.05, 4.69) is 6.92 Å². The van der Waals surface area contributed by atoms with E-state index in [1.54, 1.807) is 7.11 Å². The lowest BCUT2D eigenvalue weighted by atomic mass is 9.50. The van der Waals surface area contributed by atoms with Crippen LogP contribution in [0.5, 0.6) is 0 Å². The Hall–Kier alpha value is -0.120. The molecule has 0 radical (unpaired) electrons. The molecule has 3 heteroatoms. The van der Waals surface area contributed by atoms with Gasteiger partial charge in [0, 0.05) is 12.5 Å². The van der Waals surface area contributed by atoms with Gasteiger partial charge in [-0.15, -0.1) is 0 Å². The number of hydrogen-bond acceptors (Lipinski definition) is 3. The van der Waals surface area contributed by atoms with E-state index in [0.717, 1.165) is 43.1 Å². The molecule has 0 aromatic heterocycles. The third-order valence-corrected chi connectivity index (χ3v) is 7.54. The minimum Gasteiger partial charge on any atom is -0.393 e. The van der Waals surface area contributed by atoms with Crippen molar-refractivity contribution in [2.24, 2.45) is 35.0 Å². The highest BCUT2D eigenvalue weighted by molar-refractivity contribution is 5.04. The van der Waals surface area contributed by atoms with E-state index in [4.69, 9.17) is 9.47 Å². The van der Waals surface area contributed by atoms with Crippen molar-refractivity contribution in [3.8, 4) is 0 Å². The molecule has 3 nitrogen and oxygen atoms in total. The summed E-state index contributed by atoms with van der Waals surface area (Å²) in [6, 6.07) is 0. The van der Waals surface area contributed by atoms with Crippen molar-refractivity contribution < 1.29 is 14.6 Å². The summed E-state index contributed by atoms with van der Waals surface area (Å²) >= 11 is 0. The van der Waals surface area contributed by atoms with E-state index >= 15 is 0 Å². The van der Waals surface area contributed by atoms with Crippen LogP contribution >= 0.6 is 0 Å². The molecule has 1 heterocycles. The maximum Gasteiger partial charge on any atom is 0.162 e. The third kappa shape index (κ3) is 2.11. The van der Waals surface area contributed by atoms with Crippen LogP contribution in [0.25, 0.3) is 0 Å². The normalized spacial score (nSPS) is 56.4. The molecule has 4 fully saturated rings. The van der Waals surface area contributed by atoms with E-state index in [1.807, 2.05) is 0 Å². The smallest absolute Gasteiger partial charge is 0.162 e. The first-order chi connectivity index (χ1) is 10.1. The summed E-state index contributed by atoms with van der Waals surface area (Å²) < 4.78 is 11.6. The predicted octanol–water partition coefficient (Wildman–Crippen LogP) is 3.21. The highest BCUT2D eigenvalue weighted by Crippen LogP contribution is 2.60. The topological polar surface area (TPSA) is 38.7 Å². The maximum absolute atomic E-state index is 9.97. The molecular weight excluding hydrogens is 264 g/mol. The molecule has 0 amide bonds. The zero-order chi connectivity index (χ0) is 14.6. The molecular formula is C18H30O3. The van der Waals surface area contributed by atoms with E-state index in [-0.39, 0.29) is 17.8 Å². The fourth-order valence-electron chi connectivity index (χ4n) is 6.50.